The molecule has 1 N–H and O–H groups in total. The van der Waals surface area contributed by atoms with Gasteiger partial charge in [0.1, 0.15) is 17.2 Å². The van der Waals surface area contributed by atoms with Crippen LogP contribution in [0.25, 0.3) is 16.7 Å². The Kier molecular flexibility index (Phi) is 4.86. The summed E-state index contributed by atoms with van der Waals surface area (Å²) < 4.78 is 31.9. The normalized spacial score (nSPS) is 10.8. The number of anilines is 2. The summed E-state index contributed by atoms with van der Waals surface area (Å²) in [7, 11) is 4.62. The summed E-state index contributed by atoms with van der Waals surface area (Å²) in [6.07, 6.45) is 6.23. The minimum atomic E-state index is -0.393. The number of benzene rings is 1. The molecule has 0 spiro atoms. The zero-order valence-electron chi connectivity index (χ0n) is 16.0. The van der Waals surface area contributed by atoms with E-state index < -0.39 is 5.82 Å². The predicted octanol–water partition coefficient (Wildman–Crippen LogP) is 3.72. The van der Waals surface area contributed by atoms with Crippen molar-refractivity contribution in [2.45, 2.75) is 0 Å². The molecule has 0 saturated carbocycles. The molecule has 0 radical (unpaired) electrons. The van der Waals surface area contributed by atoms with Crippen molar-refractivity contribution in [2.24, 2.45) is 0 Å². The fourth-order valence-electron chi connectivity index (χ4n) is 3.00. The van der Waals surface area contributed by atoms with Crippen LogP contribution in [-0.2, 0) is 0 Å². The Hall–Kier alpha value is -3.88. The number of rotatable bonds is 6. The lowest BCUT2D eigenvalue weighted by Gasteiger charge is -2.14. The largest absolute Gasteiger partial charge is 0.493 e. The van der Waals surface area contributed by atoms with Gasteiger partial charge in [0.25, 0.3) is 0 Å². The zero-order chi connectivity index (χ0) is 20.4. The zero-order valence-corrected chi connectivity index (χ0v) is 16.0. The van der Waals surface area contributed by atoms with Crippen LogP contribution in [0.2, 0.25) is 0 Å². The minimum Gasteiger partial charge on any atom is -0.493 e. The fourth-order valence-corrected chi connectivity index (χ4v) is 3.00. The van der Waals surface area contributed by atoms with Crippen molar-refractivity contribution < 1.29 is 18.6 Å². The second-order valence-corrected chi connectivity index (χ2v) is 6.02. The van der Waals surface area contributed by atoms with Crippen LogP contribution < -0.4 is 19.5 Å². The molecule has 4 aromatic rings. The SMILES string of the molecule is COc1cc(Nc2ncc3ccn(-c4cnccc4F)c3n2)cc(OC)c1OC. The number of aromatic nitrogens is 4. The Morgan fingerprint density at radius 1 is 1.00 bits per heavy atom. The van der Waals surface area contributed by atoms with E-state index >= 15 is 0 Å². The summed E-state index contributed by atoms with van der Waals surface area (Å²) in [5.74, 6) is 1.41. The Morgan fingerprint density at radius 2 is 1.76 bits per heavy atom. The molecule has 0 aliphatic heterocycles. The first kappa shape index (κ1) is 18.5. The highest BCUT2D eigenvalue weighted by atomic mass is 19.1. The molecule has 0 atom stereocenters. The minimum absolute atomic E-state index is 0.305. The number of fused-ring (bicyclic) bond motifs is 1. The van der Waals surface area contributed by atoms with Crippen molar-refractivity contribution in [3.8, 4) is 22.9 Å². The topological polar surface area (TPSA) is 83.3 Å². The number of hydrogen-bond acceptors (Lipinski definition) is 7. The second-order valence-electron chi connectivity index (χ2n) is 6.02. The third-order valence-corrected chi connectivity index (χ3v) is 4.36. The number of hydrogen-bond donors (Lipinski definition) is 1. The molecule has 4 rings (SSSR count). The Morgan fingerprint density at radius 3 is 2.41 bits per heavy atom. The van der Waals surface area contributed by atoms with Gasteiger partial charge in [0.05, 0.1) is 27.5 Å². The highest BCUT2D eigenvalue weighted by Gasteiger charge is 2.15. The van der Waals surface area contributed by atoms with E-state index in [0.717, 1.165) is 5.39 Å². The molecule has 1 aromatic carbocycles. The quantitative estimate of drug-likeness (QED) is 0.533. The molecule has 3 heterocycles. The lowest BCUT2D eigenvalue weighted by Crippen LogP contribution is -2.02. The van der Waals surface area contributed by atoms with Crippen molar-refractivity contribution in [1.82, 2.24) is 19.5 Å². The van der Waals surface area contributed by atoms with Gasteiger partial charge in [-0.3, -0.25) is 9.55 Å². The first-order chi connectivity index (χ1) is 14.1. The van der Waals surface area contributed by atoms with Crippen molar-refractivity contribution in [3.63, 3.8) is 0 Å². The van der Waals surface area contributed by atoms with Gasteiger partial charge < -0.3 is 19.5 Å². The molecular formula is C20H18FN5O3. The highest BCUT2D eigenvalue weighted by molar-refractivity contribution is 5.79. The monoisotopic (exact) mass is 395 g/mol. The molecule has 0 bridgehead atoms. The summed E-state index contributed by atoms with van der Waals surface area (Å²) in [4.78, 5) is 12.9. The number of pyridine rings is 1. The smallest absolute Gasteiger partial charge is 0.229 e. The van der Waals surface area contributed by atoms with E-state index in [2.05, 4.69) is 20.3 Å². The van der Waals surface area contributed by atoms with Crippen LogP contribution in [0, 0.1) is 5.82 Å². The van der Waals surface area contributed by atoms with Gasteiger partial charge >= 0.3 is 0 Å². The molecule has 0 saturated heterocycles. The molecule has 0 aliphatic carbocycles. The van der Waals surface area contributed by atoms with E-state index in [1.165, 1.54) is 25.6 Å². The van der Waals surface area contributed by atoms with Gasteiger partial charge in [-0.15, -0.1) is 0 Å². The average molecular weight is 395 g/mol. The third-order valence-electron chi connectivity index (χ3n) is 4.36. The van der Waals surface area contributed by atoms with E-state index in [1.54, 1.807) is 43.3 Å². The Labute approximate surface area is 165 Å². The predicted molar refractivity (Wildman–Crippen MR) is 106 cm³/mol. The highest BCUT2D eigenvalue weighted by Crippen LogP contribution is 2.40. The van der Waals surface area contributed by atoms with Gasteiger partial charge in [-0.25, -0.2) is 9.37 Å². The molecule has 0 aliphatic rings. The van der Waals surface area contributed by atoms with Gasteiger partial charge in [0.2, 0.25) is 11.7 Å². The Balaban J connectivity index is 1.74. The maximum Gasteiger partial charge on any atom is 0.229 e. The van der Waals surface area contributed by atoms with Gasteiger partial charge in [-0.2, -0.15) is 4.98 Å². The average Bonchev–Trinajstić information content (AvgIpc) is 3.16. The first-order valence-corrected chi connectivity index (χ1v) is 8.65. The van der Waals surface area contributed by atoms with E-state index in [1.807, 2.05) is 6.07 Å². The first-order valence-electron chi connectivity index (χ1n) is 8.65. The maximum absolute atomic E-state index is 14.2. The number of nitrogens with one attached hydrogen (secondary N) is 1. The number of nitrogens with zero attached hydrogens (tertiary/aromatic N) is 4. The van der Waals surface area contributed by atoms with Crippen LogP contribution in [0.15, 0.2) is 49.1 Å². The Bertz CT molecular complexity index is 1150. The van der Waals surface area contributed by atoms with Gasteiger partial charge in [0.15, 0.2) is 11.5 Å². The summed E-state index contributed by atoms with van der Waals surface area (Å²) in [5, 5.41) is 3.89. The van der Waals surface area contributed by atoms with E-state index in [-0.39, 0.29) is 0 Å². The lowest BCUT2D eigenvalue weighted by molar-refractivity contribution is 0.324. The van der Waals surface area contributed by atoms with E-state index in [4.69, 9.17) is 14.2 Å². The number of ether oxygens (including phenoxy) is 3. The van der Waals surface area contributed by atoms with Crippen molar-refractivity contribution in [1.29, 1.82) is 0 Å². The van der Waals surface area contributed by atoms with Crippen LogP contribution in [0.3, 0.4) is 0 Å². The van der Waals surface area contributed by atoms with Crippen LogP contribution in [0.1, 0.15) is 0 Å². The molecule has 9 heteroatoms. The van der Waals surface area contributed by atoms with Crippen LogP contribution in [-0.4, -0.2) is 40.8 Å². The summed E-state index contributed by atoms with van der Waals surface area (Å²) in [6.45, 7) is 0. The molecule has 0 fully saturated rings. The number of methoxy groups -OCH3 is 3. The van der Waals surface area contributed by atoms with E-state index in [0.29, 0.717) is 40.2 Å². The fraction of sp³-hybridized carbons (Fsp3) is 0.150. The van der Waals surface area contributed by atoms with Crippen molar-refractivity contribution in [2.75, 3.05) is 26.6 Å². The molecule has 0 unspecified atom stereocenters. The summed E-state index contributed by atoms with van der Waals surface area (Å²) >= 11 is 0. The number of halogens is 1. The third kappa shape index (κ3) is 3.38. The van der Waals surface area contributed by atoms with Crippen molar-refractivity contribution in [3.05, 3.63) is 54.9 Å². The standard InChI is InChI=1S/C20H18FN5O3/c1-27-16-8-13(9-17(28-2)18(16)29-3)24-20-23-10-12-5-7-26(19(12)25-20)15-11-22-6-4-14(15)21/h4-11H,1-3H3,(H,23,24,25). The molecule has 148 valence electrons. The molecule has 29 heavy (non-hydrogen) atoms. The van der Waals surface area contributed by atoms with Gasteiger partial charge in [-0.05, 0) is 12.1 Å². The van der Waals surface area contributed by atoms with Gasteiger partial charge in [-0.1, -0.05) is 0 Å². The van der Waals surface area contributed by atoms with Gasteiger partial charge in [0, 0.05) is 41.8 Å². The van der Waals surface area contributed by atoms with Crippen LogP contribution in [0.4, 0.5) is 16.0 Å². The molecule has 0 amide bonds. The molecule has 3 aromatic heterocycles. The molecule has 8 nitrogen and oxygen atoms in total. The summed E-state index contributed by atoms with van der Waals surface area (Å²) in [5.41, 5.74) is 1.49. The van der Waals surface area contributed by atoms with E-state index in [9.17, 15) is 4.39 Å². The lowest BCUT2D eigenvalue weighted by atomic mass is 10.2. The van der Waals surface area contributed by atoms with Crippen molar-refractivity contribution >= 4 is 22.7 Å². The maximum atomic E-state index is 14.2. The van der Waals surface area contributed by atoms with Crippen LogP contribution >= 0.6 is 0 Å². The summed E-state index contributed by atoms with van der Waals surface area (Å²) in [6, 6.07) is 6.60. The van der Waals surface area contributed by atoms with Crippen LogP contribution in [0.5, 0.6) is 17.2 Å². The second kappa shape index (κ2) is 7.63. The molecular weight excluding hydrogens is 377 g/mol.